The van der Waals surface area contributed by atoms with Crippen molar-refractivity contribution >= 4 is 39.7 Å². The minimum atomic E-state index is -0.177. The van der Waals surface area contributed by atoms with Crippen molar-refractivity contribution in [1.82, 2.24) is 14.6 Å². The van der Waals surface area contributed by atoms with Crippen LogP contribution in [0.25, 0.3) is 4.96 Å². The largest absolute Gasteiger partial charge is 0.325 e. The van der Waals surface area contributed by atoms with Gasteiger partial charge < -0.3 is 5.32 Å². The second kappa shape index (κ2) is 9.84. The lowest BCUT2D eigenvalue weighted by molar-refractivity contribution is -0.113. The lowest BCUT2D eigenvalue weighted by atomic mass is 10.1. The number of hydrogen-bond donors (Lipinski definition) is 1. The first-order chi connectivity index (χ1) is 13.6. The number of nitrogens with zero attached hydrogens (tertiary/aromatic N) is 3. The topological polar surface area (TPSA) is 76.4 Å². The Morgan fingerprint density at radius 3 is 2.75 bits per heavy atom. The van der Waals surface area contributed by atoms with Gasteiger partial charge in [0.1, 0.15) is 5.01 Å². The Labute approximate surface area is 172 Å². The summed E-state index contributed by atoms with van der Waals surface area (Å²) in [6, 6.07) is 9.50. The Morgan fingerprint density at radius 1 is 1.25 bits per heavy atom. The molecule has 0 atom stereocenters. The number of aromatic nitrogens is 3. The molecule has 3 aromatic rings. The summed E-state index contributed by atoms with van der Waals surface area (Å²) in [5.74, 6) is 0.755. The van der Waals surface area contributed by atoms with E-state index in [1.165, 1.54) is 52.1 Å². The first-order valence-corrected chi connectivity index (χ1v) is 11.4. The molecule has 28 heavy (non-hydrogen) atoms. The smallest absolute Gasteiger partial charge is 0.275 e. The first kappa shape index (κ1) is 20.5. The van der Waals surface area contributed by atoms with Crippen LogP contribution in [-0.2, 0) is 23.4 Å². The molecule has 0 bridgehead atoms. The molecule has 0 radical (unpaired) electrons. The van der Waals surface area contributed by atoms with E-state index >= 15 is 0 Å². The molecule has 0 saturated heterocycles. The van der Waals surface area contributed by atoms with Crippen molar-refractivity contribution in [2.24, 2.45) is 0 Å². The number of rotatable bonds is 9. The summed E-state index contributed by atoms with van der Waals surface area (Å²) in [6.45, 7) is 4.17. The van der Waals surface area contributed by atoms with E-state index in [-0.39, 0.29) is 11.5 Å². The molecular weight excluding hydrogens is 392 g/mol. The van der Waals surface area contributed by atoms with Crippen molar-refractivity contribution in [2.45, 2.75) is 45.3 Å². The third kappa shape index (κ3) is 5.42. The van der Waals surface area contributed by atoms with Gasteiger partial charge in [-0.1, -0.05) is 43.7 Å². The van der Waals surface area contributed by atoms with E-state index in [9.17, 15) is 9.59 Å². The van der Waals surface area contributed by atoms with E-state index < -0.39 is 0 Å². The van der Waals surface area contributed by atoms with E-state index in [4.69, 9.17) is 0 Å². The van der Waals surface area contributed by atoms with Crippen LogP contribution in [-0.4, -0.2) is 26.3 Å². The maximum absolute atomic E-state index is 12.2. The molecule has 0 saturated carbocycles. The number of thioether (sulfide) groups is 1. The van der Waals surface area contributed by atoms with Crippen LogP contribution < -0.4 is 10.9 Å². The number of hydrogen-bond acceptors (Lipinski definition) is 6. The summed E-state index contributed by atoms with van der Waals surface area (Å²) in [5.41, 5.74) is 2.59. The maximum Gasteiger partial charge on any atom is 0.275 e. The lowest BCUT2D eigenvalue weighted by Gasteiger charge is -2.06. The summed E-state index contributed by atoms with van der Waals surface area (Å²) in [4.78, 5) is 29.4. The van der Waals surface area contributed by atoms with E-state index in [0.717, 1.165) is 23.5 Å². The highest BCUT2D eigenvalue weighted by Crippen LogP contribution is 2.16. The Hall–Kier alpha value is -2.19. The van der Waals surface area contributed by atoms with Gasteiger partial charge in [0.15, 0.2) is 0 Å². The number of amides is 1. The summed E-state index contributed by atoms with van der Waals surface area (Å²) >= 11 is 2.86. The van der Waals surface area contributed by atoms with Gasteiger partial charge in [-0.15, -0.1) is 11.8 Å². The van der Waals surface area contributed by atoms with Crippen LogP contribution in [0.3, 0.4) is 0 Å². The van der Waals surface area contributed by atoms with Crippen LogP contribution in [0.15, 0.2) is 35.1 Å². The SMILES string of the molecule is CCCCc1ccc(NC(=O)CSCc2cc(=O)n3nc(CC)sc3n2)cc1. The summed E-state index contributed by atoms with van der Waals surface area (Å²) in [6.07, 6.45) is 4.19. The van der Waals surface area contributed by atoms with Gasteiger partial charge in [0.05, 0.1) is 11.4 Å². The summed E-state index contributed by atoms with van der Waals surface area (Å²) in [7, 11) is 0. The number of benzene rings is 1. The van der Waals surface area contributed by atoms with Crippen molar-refractivity contribution in [3.63, 3.8) is 0 Å². The fourth-order valence-corrected chi connectivity index (χ4v) is 4.27. The molecule has 2 heterocycles. The molecule has 8 heteroatoms. The van der Waals surface area contributed by atoms with Gasteiger partial charge in [0.25, 0.3) is 5.56 Å². The number of anilines is 1. The maximum atomic E-state index is 12.2. The average Bonchev–Trinajstić information content (AvgIpc) is 3.11. The molecule has 3 rings (SSSR count). The van der Waals surface area contributed by atoms with E-state index in [2.05, 4.69) is 34.5 Å². The number of fused-ring (bicyclic) bond motifs is 1. The quantitative estimate of drug-likeness (QED) is 0.572. The monoisotopic (exact) mass is 416 g/mol. The number of unbranched alkanes of at least 4 members (excludes halogenated alkanes) is 1. The molecule has 0 aliphatic rings. The van der Waals surface area contributed by atoms with Crippen molar-refractivity contribution in [1.29, 1.82) is 0 Å². The standard InChI is InChI=1S/C20H24N4O2S2/c1-3-5-6-14-7-9-15(10-8-14)21-17(25)13-27-12-16-11-19(26)24-20(22-16)28-18(4-2)23-24/h7-11H,3-6,12-13H2,1-2H3,(H,21,25). The molecule has 0 fully saturated rings. The van der Waals surface area contributed by atoms with Crippen LogP contribution in [0.1, 0.15) is 43.0 Å². The Bertz CT molecular complexity index is 996. The Morgan fingerprint density at radius 2 is 2.04 bits per heavy atom. The normalized spacial score (nSPS) is 11.1. The number of carbonyl (C=O) groups excluding carboxylic acids is 1. The van der Waals surface area contributed by atoms with Crippen LogP contribution in [0, 0.1) is 0 Å². The Kier molecular flexibility index (Phi) is 7.22. The van der Waals surface area contributed by atoms with Crippen LogP contribution >= 0.6 is 23.1 Å². The second-order valence-electron chi connectivity index (χ2n) is 6.47. The van der Waals surface area contributed by atoms with Gasteiger partial charge in [0.2, 0.25) is 10.9 Å². The highest BCUT2D eigenvalue weighted by atomic mass is 32.2. The van der Waals surface area contributed by atoms with Gasteiger partial charge in [0, 0.05) is 17.5 Å². The highest BCUT2D eigenvalue weighted by Gasteiger charge is 2.09. The van der Waals surface area contributed by atoms with Crippen molar-refractivity contribution < 1.29 is 4.79 Å². The average molecular weight is 417 g/mol. The zero-order valence-electron chi connectivity index (χ0n) is 16.1. The zero-order valence-corrected chi connectivity index (χ0v) is 17.7. The zero-order chi connectivity index (χ0) is 19.9. The molecule has 1 amide bonds. The number of nitrogens with one attached hydrogen (secondary N) is 1. The van der Waals surface area contributed by atoms with Crippen molar-refractivity contribution in [3.05, 3.63) is 57.0 Å². The molecular formula is C20H24N4O2S2. The molecule has 148 valence electrons. The second-order valence-corrected chi connectivity index (χ2v) is 8.50. The summed E-state index contributed by atoms with van der Waals surface area (Å²) < 4.78 is 1.34. The third-order valence-electron chi connectivity index (χ3n) is 4.18. The van der Waals surface area contributed by atoms with Crippen molar-refractivity contribution in [3.8, 4) is 0 Å². The van der Waals surface area contributed by atoms with Crippen molar-refractivity contribution in [2.75, 3.05) is 11.1 Å². The predicted octanol–water partition coefficient (Wildman–Crippen LogP) is 3.93. The first-order valence-electron chi connectivity index (χ1n) is 9.44. The van der Waals surface area contributed by atoms with Crippen LogP contribution in [0.5, 0.6) is 0 Å². The minimum absolute atomic E-state index is 0.0600. The van der Waals surface area contributed by atoms with E-state index in [0.29, 0.717) is 22.2 Å². The Balaban J connectivity index is 1.51. The van der Waals surface area contributed by atoms with Gasteiger partial charge in [-0.25, -0.2) is 4.98 Å². The summed E-state index contributed by atoms with van der Waals surface area (Å²) in [5, 5.41) is 8.03. The van der Waals surface area contributed by atoms with Gasteiger partial charge in [-0.3, -0.25) is 9.59 Å². The van der Waals surface area contributed by atoms with Gasteiger partial charge in [-0.05, 0) is 37.0 Å². The molecule has 2 aromatic heterocycles. The van der Waals surface area contributed by atoms with Gasteiger partial charge >= 0.3 is 0 Å². The predicted molar refractivity (Wildman–Crippen MR) is 116 cm³/mol. The fourth-order valence-electron chi connectivity index (χ4n) is 2.69. The van der Waals surface area contributed by atoms with Crippen LogP contribution in [0.4, 0.5) is 5.69 Å². The molecule has 1 N–H and O–H groups in total. The van der Waals surface area contributed by atoms with Crippen LogP contribution in [0.2, 0.25) is 0 Å². The van der Waals surface area contributed by atoms with Gasteiger partial charge in [-0.2, -0.15) is 9.61 Å². The molecule has 1 aromatic carbocycles. The molecule has 0 spiro atoms. The van der Waals surface area contributed by atoms with E-state index in [1.54, 1.807) is 0 Å². The van der Waals surface area contributed by atoms with E-state index in [1.807, 2.05) is 19.1 Å². The minimum Gasteiger partial charge on any atom is -0.325 e. The molecule has 6 nitrogen and oxygen atoms in total. The molecule has 0 unspecified atom stereocenters. The molecule has 0 aliphatic heterocycles. The fraction of sp³-hybridized carbons (Fsp3) is 0.400. The lowest BCUT2D eigenvalue weighted by Crippen LogP contribution is -2.16. The molecule has 0 aliphatic carbocycles. The number of aryl methyl sites for hydroxylation is 2. The highest BCUT2D eigenvalue weighted by molar-refractivity contribution is 7.99. The third-order valence-corrected chi connectivity index (χ3v) is 6.20. The number of carbonyl (C=O) groups is 1.